The van der Waals surface area contributed by atoms with Crippen LogP contribution >= 0.6 is 0 Å². The minimum absolute atomic E-state index is 0.0847. The third-order valence-corrected chi connectivity index (χ3v) is 6.98. The predicted octanol–water partition coefficient (Wildman–Crippen LogP) is 5.75. The van der Waals surface area contributed by atoms with E-state index < -0.39 is 55.1 Å². The van der Waals surface area contributed by atoms with Crippen LogP contribution in [0.2, 0.25) is 0 Å². The molecule has 0 saturated carbocycles. The molecule has 0 spiro atoms. The van der Waals surface area contributed by atoms with Crippen LogP contribution in [0, 0.1) is 17.5 Å². The first-order valence-corrected chi connectivity index (χ1v) is 11.5. The summed E-state index contributed by atoms with van der Waals surface area (Å²) in [5.74, 6) is -5.15. The van der Waals surface area contributed by atoms with Gasteiger partial charge in [0.05, 0.1) is 32.9 Å². The van der Waals surface area contributed by atoms with Crippen molar-refractivity contribution in [2.45, 2.75) is 18.0 Å². The maximum atomic E-state index is 13.7. The standard InChI is InChI=1S/C23H13F6NO4S/c1-2-35(32,33)19-7-12(11-5-16(24)20(26)17(25)6-11)9-30-21(19)15-10-34-18-8-13(23(27,28)29)3-4-14(18)22(15)31/h3-10H,2H2,1H3. The Balaban J connectivity index is 1.95. The average Bonchev–Trinajstić information content (AvgIpc) is 2.81. The van der Waals surface area contributed by atoms with Crippen molar-refractivity contribution in [1.82, 2.24) is 4.98 Å². The Bertz CT molecular complexity index is 1620. The maximum Gasteiger partial charge on any atom is 0.416 e. The number of alkyl halides is 3. The molecule has 35 heavy (non-hydrogen) atoms. The maximum absolute atomic E-state index is 13.7. The molecule has 0 amide bonds. The number of hydrogen-bond donors (Lipinski definition) is 0. The Morgan fingerprint density at radius 2 is 1.63 bits per heavy atom. The van der Waals surface area contributed by atoms with Gasteiger partial charge < -0.3 is 4.42 Å². The molecular weight excluding hydrogens is 500 g/mol. The zero-order valence-electron chi connectivity index (χ0n) is 17.6. The van der Waals surface area contributed by atoms with E-state index in [1.165, 1.54) is 6.92 Å². The molecule has 4 rings (SSSR count). The van der Waals surface area contributed by atoms with Crippen molar-refractivity contribution in [1.29, 1.82) is 0 Å². The van der Waals surface area contributed by atoms with Gasteiger partial charge in [0, 0.05) is 11.8 Å². The quantitative estimate of drug-likeness (QED) is 0.257. The van der Waals surface area contributed by atoms with Crippen molar-refractivity contribution in [2.75, 3.05) is 5.75 Å². The van der Waals surface area contributed by atoms with Gasteiger partial charge in [0.15, 0.2) is 27.3 Å². The van der Waals surface area contributed by atoms with Gasteiger partial charge >= 0.3 is 6.18 Å². The summed E-state index contributed by atoms with van der Waals surface area (Å²) < 4.78 is 110. The fraction of sp³-hybridized carbons (Fsp3) is 0.130. The summed E-state index contributed by atoms with van der Waals surface area (Å²) in [6.45, 7) is 1.31. The van der Waals surface area contributed by atoms with Crippen molar-refractivity contribution in [3.8, 4) is 22.4 Å². The number of sulfone groups is 1. The number of aromatic nitrogens is 1. The summed E-state index contributed by atoms with van der Waals surface area (Å²) in [6, 6.07) is 4.54. The summed E-state index contributed by atoms with van der Waals surface area (Å²) in [5, 5.41) is -0.246. The molecule has 0 aliphatic heterocycles. The minimum atomic E-state index is -4.68. The van der Waals surface area contributed by atoms with Crippen LogP contribution in [0.5, 0.6) is 0 Å². The van der Waals surface area contributed by atoms with Crippen LogP contribution in [-0.2, 0) is 16.0 Å². The Morgan fingerprint density at radius 3 is 2.23 bits per heavy atom. The molecule has 5 nitrogen and oxygen atoms in total. The van der Waals surface area contributed by atoms with Crippen molar-refractivity contribution in [2.24, 2.45) is 0 Å². The van der Waals surface area contributed by atoms with Gasteiger partial charge in [-0.1, -0.05) is 6.92 Å². The van der Waals surface area contributed by atoms with Gasteiger partial charge in [-0.25, -0.2) is 21.6 Å². The van der Waals surface area contributed by atoms with Crippen LogP contribution in [0.25, 0.3) is 33.4 Å². The molecule has 0 bridgehead atoms. The number of nitrogens with zero attached hydrogens (tertiary/aromatic N) is 1. The Kier molecular flexibility index (Phi) is 5.95. The topological polar surface area (TPSA) is 77.2 Å². The van der Waals surface area contributed by atoms with Crippen molar-refractivity contribution in [3.05, 3.63) is 82.1 Å². The Labute approximate surface area is 193 Å². The Morgan fingerprint density at radius 1 is 0.971 bits per heavy atom. The van der Waals surface area contributed by atoms with E-state index in [0.29, 0.717) is 24.3 Å². The highest BCUT2D eigenvalue weighted by molar-refractivity contribution is 7.91. The molecule has 2 aromatic heterocycles. The molecule has 0 aliphatic carbocycles. The van der Waals surface area contributed by atoms with Crippen molar-refractivity contribution >= 4 is 20.8 Å². The minimum Gasteiger partial charge on any atom is -0.463 e. The summed E-state index contributed by atoms with van der Waals surface area (Å²) in [7, 11) is -4.09. The molecule has 2 aromatic carbocycles. The molecular formula is C23H13F6NO4S. The van der Waals surface area contributed by atoms with Gasteiger partial charge in [-0.15, -0.1) is 0 Å². The molecule has 2 heterocycles. The molecule has 4 aromatic rings. The van der Waals surface area contributed by atoms with Crippen LogP contribution in [0.1, 0.15) is 12.5 Å². The average molecular weight is 513 g/mol. The predicted molar refractivity (Wildman–Crippen MR) is 114 cm³/mol. The van der Waals surface area contributed by atoms with Crippen LogP contribution < -0.4 is 5.43 Å². The van der Waals surface area contributed by atoms with Gasteiger partial charge in [0.2, 0.25) is 5.43 Å². The van der Waals surface area contributed by atoms with Gasteiger partial charge in [-0.05, 0) is 42.0 Å². The van der Waals surface area contributed by atoms with Crippen molar-refractivity contribution in [3.63, 3.8) is 0 Å². The number of fused-ring (bicyclic) bond motifs is 1. The van der Waals surface area contributed by atoms with E-state index in [9.17, 15) is 39.6 Å². The van der Waals surface area contributed by atoms with Gasteiger partial charge in [0.1, 0.15) is 11.8 Å². The number of rotatable bonds is 4. The zero-order chi connectivity index (χ0) is 25.7. The van der Waals surface area contributed by atoms with Crippen LogP contribution in [0.4, 0.5) is 26.3 Å². The second-order valence-electron chi connectivity index (χ2n) is 7.42. The van der Waals surface area contributed by atoms with Crippen LogP contribution in [0.3, 0.4) is 0 Å². The van der Waals surface area contributed by atoms with E-state index in [0.717, 1.165) is 24.6 Å². The smallest absolute Gasteiger partial charge is 0.416 e. The second-order valence-corrected chi connectivity index (χ2v) is 9.66. The highest BCUT2D eigenvalue weighted by Crippen LogP contribution is 2.33. The van der Waals surface area contributed by atoms with Crippen molar-refractivity contribution < 1.29 is 39.2 Å². The molecule has 0 aliphatic rings. The summed E-state index contributed by atoms with van der Waals surface area (Å²) >= 11 is 0. The lowest BCUT2D eigenvalue weighted by Gasteiger charge is -2.12. The molecule has 182 valence electrons. The molecule has 0 fully saturated rings. The van der Waals surface area contributed by atoms with E-state index in [4.69, 9.17) is 4.42 Å². The molecule has 0 saturated heterocycles. The monoisotopic (exact) mass is 513 g/mol. The lowest BCUT2D eigenvalue weighted by Crippen LogP contribution is -2.12. The molecule has 0 N–H and O–H groups in total. The lowest BCUT2D eigenvalue weighted by molar-refractivity contribution is -0.137. The van der Waals surface area contributed by atoms with E-state index in [1.54, 1.807) is 0 Å². The number of halogens is 6. The first-order chi connectivity index (χ1) is 16.3. The van der Waals surface area contributed by atoms with E-state index >= 15 is 0 Å². The van der Waals surface area contributed by atoms with Crippen LogP contribution in [-0.4, -0.2) is 19.2 Å². The third kappa shape index (κ3) is 4.41. The van der Waals surface area contributed by atoms with Crippen LogP contribution in [0.15, 0.2) is 63.0 Å². The lowest BCUT2D eigenvalue weighted by atomic mass is 10.0. The summed E-state index contributed by atoms with van der Waals surface area (Å²) in [4.78, 5) is 16.5. The third-order valence-electron chi connectivity index (χ3n) is 5.24. The SMILES string of the molecule is CCS(=O)(=O)c1cc(-c2cc(F)c(F)c(F)c2)cnc1-c1coc2cc(C(F)(F)F)ccc2c1=O. The summed E-state index contributed by atoms with van der Waals surface area (Å²) in [5.41, 5.74) is -3.27. The first-order valence-electron chi connectivity index (χ1n) is 9.84. The zero-order valence-corrected chi connectivity index (χ0v) is 18.4. The van der Waals surface area contributed by atoms with Gasteiger partial charge in [-0.2, -0.15) is 13.2 Å². The highest BCUT2D eigenvalue weighted by Gasteiger charge is 2.31. The number of hydrogen-bond acceptors (Lipinski definition) is 5. The van der Waals surface area contributed by atoms with E-state index in [-0.39, 0.29) is 33.4 Å². The highest BCUT2D eigenvalue weighted by atomic mass is 32.2. The van der Waals surface area contributed by atoms with E-state index in [1.807, 2.05) is 0 Å². The molecule has 0 radical (unpaired) electrons. The van der Waals surface area contributed by atoms with E-state index in [2.05, 4.69) is 4.98 Å². The molecule has 0 unspecified atom stereocenters. The van der Waals surface area contributed by atoms with Gasteiger partial charge in [0.25, 0.3) is 0 Å². The normalized spacial score (nSPS) is 12.3. The first kappa shape index (κ1) is 24.5. The molecule has 0 atom stereocenters. The largest absolute Gasteiger partial charge is 0.463 e. The second kappa shape index (κ2) is 8.52. The number of pyridine rings is 1. The fourth-order valence-electron chi connectivity index (χ4n) is 3.39. The van der Waals surface area contributed by atoms with Gasteiger partial charge in [-0.3, -0.25) is 9.78 Å². The number of benzene rings is 2. The molecule has 12 heteroatoms. The Hall–Kier alpha value is -3.67. The summed E-state index contributed by atoms with van der Waals surface area (Å²) in [6.07, 6.45) is -2.87. The fourth-order valence-corrected chi connectivity index (χ4v) is 4.46.